The van der Waals surface area contributed by atoms with Crippen LogP contribution in [-0.2, 0) is 14.4 Å². The molecule has 0 aliphatic rings. The van der Waals surface area contributed by atoms with Crippen LogP contribution in [0.2, 0.25) is 0 Å². The average molecular weight is 637 g/mol. The van der Waals surface area contributed by atoms with Crippen molar-refractivity contribution in [2.75, 3.05) is 13.3 Å². The normalized spacial score (nSPS) is 12.7. The molecule has 0 aliphatic heterocycles. The second-order valence-electron chi connectivity index (χ2n) is 11.1. The molecule has 2 atom stereocenters. The fourth-order valence-corrected chi connectivity index (χ4v) is 4.98. The third-order valence-corrected chi connectivity index (χ3v) is 7.21. The van der Waals surface area contributed by atoms with Gasteiger partial charge in [-0.1, -0.05) is 33.1 Å². The Morgan fingerprint density at radius 2 is 1.80 bits per heavy atom. The standard InChI is InChI=1S/C30H45N4O9P/c1-7-10-11-12-23(24(8-2)34(19-35)43-29(38)33-30(4,5)6)27(36)31-18-32-28(37)26-14-13-25(42-26)20-15-21(41-9-3)17-22(16-20)44(39)40/h13-17,19,23-24,39-40H,7-12,18H2,1-6H3,(H,31,36)(H,32,37)(H,33,38). The highest BCUT2D eigenvalue weighted by molar-refractivity contribution is 7.54. The Morgan fingerprint density at radius 3 is 2.39 bits per heavy atom. The lowest BCUT2D eigenvalue weighted by Crippen LogP contribution is -2.51. The van der Waals surface area contributed by atoms with Crippen LogP contribution in [0.5, 0.6) is 5.75 Å². The topological polar surface area (TPSA) is 180 Å². The lowest BCUT2D eigenvalue weighted by atomic mass is 9.90. The van der Waals surface area contributed by atoms with Crippen LogP contribution in [0.3, 0.4) is 0 Å². The molecule has 0 saturated heterocycles. The van der Waals surface area contributed by atoms with Crippen LogP contribution in [0, 0.1) is 5.92 Å². The predicted octanol–water partition coefficient (Wildman–Crippen LogP) is 3.94. The molecule has 244 valence electrons. The van der Waals surface area contributed by atoms with E-state index in [1.165, 1.54) is 18.2 Å². The average Bonchev–Trinajstić information content (AvgIpc) is 3.46. The summed E-state index contributed by atoms with van der Waals surface area (Å²) in [5.41, 5.74) is -0.0929. The molecule has 1 aromatic carbocycles. The number of carbonyl (C=O) groups is 4. The zero-order valence-corrected chi connectivity index (χ0v) is 27.1. The van der Waals surface area contributed by atoms with Gasteiger partial charge in [0.05, 0.1) is 25.2 Å². The van der Waals surface area contributed by atoms with Crippen LogP contribution >= 0.6 is 8.38 Å². The third-order valence-electron chi connectivity index (χ3n) is 6.49. The summed E-state index contributed by atoms with van der Waals surface area (Å²) in [6.45, 7) is 11.1. The number of nitrogens with zero attached hydrogens (tertiary/aromatic N) is 1. The second-order valence-corrected chi connectivity index (χ2v) is 12.2. The van der Waals surface area contributed by atoms with Crippen LogP contribution in [0.4, 0.5) is 4.79 Å². The first-order chi connectivity index (χ1) is 20.8. The zero-order valence-electron chi connectivity index (χ0n) is 26.2. The minimum Gasteiger partial charge on any atom is -0.494 e. The lowest BCUT2D eigenvalue weighted by molar-refractivity contribution is -0.169. The molecule has 1 heterocycles. The Bertz CT molecular complexity index is 1250. The Balaban J connectivity index is 2.10. The first-order valence-electron chi connectivity index (χ1n) is 14.7. The Labute approximate surface area is 259 Å². The summed E-state index contributed by atoms with van der Waals surface area (Å²) < 4.78 is 11.2. The van der Waals surface area contributed by atoms with Gasteiger partial charge in [0, 0.05) is 16.4 Å². The van der Waals surface area contributed by atoms with Crippen molar-refractivity contribution in [1.82, 2.24) is 21.0 Å². The first kappa shape index (κ1) is 36.5. The van der Waals surface area contributed by atoms with Crippen molar-refractivity contribution in [2.24, 2.45) is 5.92 Å². The molecule has 5 N–H and O–H groups in total. The number of rotatable bonds is 17. The number of hydrogen-bond donors (Lipinski definition) is 5. The molecule has 13 nitrogen and oxygen atoms in total. The maximum Gasteiger partial charge on any atom is 0.432 e. The molecule has 2 unspecified atom stereocenters. The minimum absolute atomic E-state index is 0.0239. The molecule has 0 spiro atoms. The molecular formula is C30H45N4O9P. The molecular weight excluding hydrogens is 591 g/mol. The van der Waals surface area contributed by atoms with E-state index in [0.29, 0.717) is 49.4 Å². The van der Waals surface area contributed by atoms with E-state index in [1.807, 2.05) is 6.92 Å². The van der Waals surface area contributed by atoms with E-state index in [0.717, 1.165) is 17.9 Å². The highest BCUT2D eigenvalue weighted by atomic mass is 31.2. The van der Waals surface area contributed by atoms with Gasteiger partial charge in [-0.15, -0.1) is 0 Å². The third kappa shape index (κ3) is 11.4. The maximum absolute atomic E-state index is 13.3. The van der Waals surface area contributed by atoms with Crippen molar-refractivity contribution in [2.45, 2.75) is 85.2 Å². The molecule has 1 aromatic heterocycles. The van der Waals surface area contributed by atoms with E-state index in [1.54, 1.807) is 46.8 Å². The van der Waals surface area contributed by atoms with Gasteiger partial charge in [0.2, 0.25) is 12.3 Å². The van der Waals surface area contributed by atoms with E-state index in [-0.39, 0.29) is 17.7 Å². The molecule has 2 aromatic rings. The van der Waals surface area contributed by atoms with Crippen LogP contribution in [0.1, 0.15) is 84.2 Å². The van der Waals surface area contributed by atoms with Gasteiger partial charge in [0.25, 0.3) is 5.91 Å². The largest absolute Gasteiger partial charge is 0.494 e. The van der Waals surface area contributed by atoms with Crippen molar-refractivity contribution < 1.29 is 43.0 Å². The molecule has 44 heavy (non-hydrogen) atoms. The van der Waals surface area contributed by atoms with E-state index in [2.05, 4.69) is 16.0 Å². The number of hydroxylamine groups is 2. The summed E-state index contributed by atoms with van der Waals surface area (Å²) in [4.78, 5) is 75.0. The Kier molecular flexibility index (Phi) is 14.6. The number of amides is 4. The molecule has 2 rings (SSSR count). The molecule has 14 heteroatoms. The SMILES string of the molecule is CCCCCC(C(=O)NCNC(=O)c1ccc(-c2cc(OCC)cc(P(O)O)c2)o1)C(CC)N(C=O)OC(=O)NC(C)(C)C. The number of nitrogens with one attached hydrogen (secondary N) is 3. The zero-order chi connectivity index (χ0) is 32.9. The smallest absolute Gasteiger partial charge is 0.432 e. The number of carbonyl (C=O) groups excluding carboxylic acids is 4. The summed E-state index contributed by atoms with van der Waals surface area (Å²) in [6.07, 6.45) is 2.87. The Morgan fingerprint density at radius 1 is 1.07 bits per heavy atom. The van der Waals surface area contributed by atoms with Crippen LogP contribution in [-0.4, -0.2) is 64.0 Å². The Hall–Kier alpha value is -3.67. The summed E-state index contributed by atoms with van der Waals surface area (Å²) in [5, 5.41) is 9.05. The van der Waals surface area contributed by atoms with Gasteiger partial charge in [-0.05, 0) is 70.9 Å². The molecule has 0 fully saturated rings. The summed E-state index contributed by atoms with van der Waals surface area (Å²) in [5.74, 6) is -0.996. The minimum atomic E-state index is -2.37. The van der Waals surface area contributed by atoms with E-state index in [4.69, 9.17) is 14.0 Å². The summed E-state index contributed by atoms with van der Waals surface area (Å²) >= 11 is 0. The quantitative estimate of drug-likeness (QED) is 0.0565. The highest BCUT2D eigenvalue weighted by Gasteiger charge is 2.34. The van der Waals surface area contributed by atoms with Gasteiger partial charge in [-0.3, -0.25) is 14.4 Å². The van der Waals surface area contributed by atoms with Gasteiger partial charge in [-0.25, -0.2) is 4.79 Å². The van der Waals surface area contributed by atoms with Crippen molar-refractivity contribution in [3.8, 4) is 17.1 Å². The van der Waals surface area contributed by atoms with Crippen molar-refractivity contribution >= 4 is 38.0 Å². The monoisotopic (exact) mass is 636 g/mol. The predicted molar refractivity (Wildman–Crippen MR) is 166 cm³/mol. The lowest BCUT2D eigenvalue weighted by Gasteiger charge is -2.32. The second kappa shape index (κ2) is 17.6. The summed E-state index contributed by atoms with van der Waals surface area (Å²) in [6, 6.07) is 7.03. The van der Waals surface area contributed by atoms with E-state index in [9.17, 15) is 29.0 Å². The molecule has 0 saturated carbocycles. The van der Waals surface area contributed by atoms with Crippen molar-refractivity contribution in [1.29, 1.82) is 0 Å². The number of ether oxygens (including phenoxy) is 1. The van der Waals surface area contributed by atoms with E-state index >= 15 is 0 Å². The van der Waals surface area contributed by atoms with Gasteiger partial charge >= 0.3 is 6.09 Å². The molecule has 0 radical (unpaired) electrons. The molecule has 0 aliphatic carbocycles. The molecule has 0 bridgehead atoms. The van der Waals surface area contributed by atoms with Gasteiger partial charge < -0.3 is 39.7 Å². The fraction of sp³-hybridized carbons (Fsp3) is 0.533. The highest BCUT2D eigenvalue weighted by Crippen LogP contribution is 2.31. The van der Waals surface area contributed by atoms with Crippen LogP contribution in [0.25, 0.3) is 11.3 Å². The molecule has 4 amide bonds. The van der Waals surface area contributed by atoms with Gasteiger partial charge in [0.15, 0.2) is 14.1 Å². The van der Waals surface area contributed by atoms with Crippen LogP contribution in [0.15, 0.2) is 34.7 Å². The summed E-state index contributed by atoms with van der Waals surface area (Å²) in [7, 11) is -2.37. The van der Waals surface area contributed by atoms with Crippen molar-refractivity contribution in [3.63, 3.8) is 0 Å². The van der Waals surface area contributed by atoms with Gasteiger partial charge in [0.1, 0.15) is 11.5 Å². The van der Waals surface area contributed by atoms with Crippen LogP contribution < -0.4 is 26.0 Å². The number of benzene rings is 1. The number of hydrogen-bond acceptors (Lipinski definition) is 9. The fourth-order valence-electron chi connectivity index (χ4n) is 4.48. The van der Waals surface area contributed by atoms with E-state index < -0.39 is 43.8 Å². The number of furan rings is 1. The van der Waals surface area contributed by atoms with Crippen molar-refractivity contribution in [3.05, 3.63) is 36.1 Å². The number of unbranched alkanes of at least 4 members (excludes halogenated alkanes) is 2. The van der Waals surface area contributed by atoms with Gasteiger partial charge in [-0.2, -0.15) is 5.06 Å². The maximum atomic E-state index is 13.3. The first-order valence-corrected chi connectivity index (χ1v) is 15.9.